The van der Waals surface area contributed by atoms with E-state index in [1.54, 1.807) is 6.20 Å². The van der Waals surface area contributed by atoms with Gasteiger partial charge in [-0.25, -0.2) is 4.79 Å². The average Bonchev–Trinajstić information content (AvgIpc) is 3.30. The standard InChI is InChI=1S/C20H29N5O2/c1-23-16(7-10-21-23)18-15(11-17(26)25(18)14-5-6-14)22-19(27)24-12-20(13-24)8-3-2-4-9-20/h7,10,14-15,18H,2-6,8-9,11-13H2,1H3,(H,22,27)/t15-,18-/m1/s1. The smallest absolute Gasteiger partial charge is 0.317 e. The Morgan fingerprint density at radius 1 is 1.22 bits per heavy atom. The molecule has 146 valence electrons. The lowest BCUT2D eigenvalue weighted by Gasteiger charge is -2.52. The molecule has 0 aromatic carbocycles. The third-order valence-electron chi connectivity index (χ3n) is 7.03. The van der Waals surface area contributed by atoms with Gasteiger partial charge in [0.05, 0.1) is 17.8 Å². The quantitative estimate of drug-likeness (QED) is 0.885. The highest BCUT2D eigenvalue weighted by molar-refractivity contribution is 5.83. The molecule has 3 heterocycles. The van der Waals surface area contributed by atoms with Crippen molar-refractivity contribution in [3.63, 3.8) is 0 Å². The first-order valence-corrected chi connectivity index (χ1v) is 10.4. The number of nitrogens with zero attached hydrogens (tertiary/aromatic N) is 4. The largest absolute Gasteiger partial charge is 0.332 e. The summed E-state index contributed by atoms with van der Waals surface area (Å²) in [5.74, 6) is 0.154. The number of amides is 3. The molecular weight excluding hydrogens is 342 g/mol. The maximum atomic E-state index is 12.9. The maximum absolute atomic E-state index is 12.9. The van der Waals surface area contributed by atoms with Crippen LogP contribution >= 0.6 is 0 Å². The number of carbonyl (C=O) groups is 2. The van der Waals surface area contributed by atoms with Crippen LogP contribution in [0.5, 0.6) is 0 Å². The summed E-state index contributed by atoms with van der Waals surface area (Å²) in [4.78, 5) is 29.5. The molecule has 3 amide bonds. The second kappa shape index (κ2) is 6.24. The molecular formula is C20H29N5O2. The van der Waals surface area contributed by atoms with Crippen LogP contribution in [-0.4, -0.2) is 56.7 Å². The fourth-order valence-corrected chi connectivity index (χ4v) is 5.47. The summed E-state index contributed by atoms with van der Waals surface area (Å²) in [6.07, 6.45) is 10.7. The monoisotopic (exact) mass is 371 g/mol. The normalized spacial score (nSPS) is 29.9. The van der Waals surface area contributed by atoms with E-state index in [9.17, 15) is 9.59 Å². The zero-order chi connectivity index (χ0) is 18.6. The molecule has 2 saturated carbocycles. The van der Waals surface area contributed by atoms with Gasteiger partial charge in [0.25, 0.3) is 0 Å². The SMILES string of the molecule is Cn1nccc1[C@H]1[C@H](NC(=O)N2CC3(CCCCC3)C2)CC(=O)N1C1CC1. The van der Waals surface area contributed by atoms with Crippen LogP contribution in [0.2, 0.25) is 0 Å². The van der Waals surface area contributed by atoms with Gasteiger partial charge < -0.3 is 15.1 Å². The number of urea groups is 1. The van der Waals surface area contributed by atoms with Crippen molar-refractivity contribution in [2.24, 2.45) is 12.5 Å². The van der Waals surface area contributed by atoms with Gasteiger partial charge >= 0.3 is 6.03 Å². The fraction of sp³-hybridized carbons (Fsp3) is 0.750. The Morgan fingerprint density at radius 2 is 1.96 bits per heavy atom. The van der Waals surface area contributed by atoms with E-state index in [2.05, 4.69) is 10.4 Å². The van der Waals surface area contributed by atoms with Crippen molar-refractivity contribution in [2.75, 3.05) is 13.1 Å². The second-order valence-electron chi connectivity index (χ2n) is 9.03. The highest BCUT2D eigenvalue weighted by Crippen LogP contribution is 2.45. The van der Waals surface area contributed by atoms with Crippen molar-refractivity contribution in [3.05, 3.63) is 18.0 Å². The van der Waals surface area contributed by atoms with Crippen molar-refractivity contribution in [3.8, 4) is 0 Å². The highest BCUT2D eigenvalue weighted by Gasteiger charge is 2.50. The van der Waals surface area contributed by atoms with E-state index >= 15 is 0 Å². The molecule has 1 aromatic rings. The van der Waals surface area contributed by atoms with Crippen LogP contribution in [0.3, 0.4) is 0 Å². The third-order valence-corrected chi connectivity index (χ3v) is 7.03. The van der Waals surface area contributed by atoms with Crippen molar-refractivity contribution in [2.45, 2.75) is 69.5 Å². The molecule has 4 aliphatic rings. The predicted octanol–water partition coefficient (Wildman–Crippen LogP) is 2.20. The first-order valence-electron chi connectivity index (χ1n) is 10.4. The van der Waals surface area contributed by atoms with E-state index in [0.29, 0.717) is 17.9 Å². The Kier molecular flexibility index (Phi) is 3.95. The minimum atomic E-state index is -0.177. The topological polar surface area (TPSA) is 70.5 Å². The van der Waals surface area contributed by atoms with Gasteiger partial charge in [-0.15, -0.1) is 0 Å². The second-order valence-corrected chi connectivity index (χ2v) is 9.03. The van der Waals surface area contributed by atoms with Crippen LogP contribution in [-0.2, 0) is 11.8 Å². The lowest BCUT2D eigenvalue weighted by Crippen LogP contribution is -2.62. The summed E-state index contributed by atoms with van der Waals surface area (Å²) in [7, 11) is 1.91. The maximum Gasteiger partial charge on any atom is 0.317 e. The minimum Gasteiger partial charge on any atom is -0.332 e. The predicted molar refractivity (Wildman–Crippen MR) is 99.8 cm³/mol. The number of likely N-dealkylation sites (tertiary alicyclic amines) is 2. The van der Waals surface area contributed by atoms with Crippen molar-refractivity contribution in [1.82, 2.24) is 24.9 Å². The zero-order valence-corrected chi connectivity index (χ0v) is 16.1. The first-order chi connectivity index (χ1) is 13.1. The Balaban J connectivity index is 1.29. The average molecular weight is 371 g/mol. The molecule has 2 aliphatic carbocycles. The molecule has 1 spiro atoms. The first kappa shape index (κ1) is 17.1. The number of hydrogen-bond donors (Lipinski definition) is 1. The Bertz CT molecular complexity index is 741. The van der Waals surface area contributed by atoms with Gasteiger partial charge in [0.1, 0.15) is 0 Å². The van der Waals surface area contributed by atoms with Crippen molar-refractivity contribution in [1.29, 1.82) is 0 Å². The van der Waals surface area contributed by atoms with E-state index in [4.69, 9.17) is 0 Å². The van der Waals surface area contributed by atoms with E-state index in [-0.39, 0.29) is 24.0 Å². The van der Waals surface area contributed by atoms with Crippen LogP contribution in [0.25, 0.3) is 0 Å². The lowest BCUT2D eigenvalue weighted by atomic mass is 9.69. The van der Waals surface area contributed by atoms with Crippen molar-refractivity contribution >= 4 is 11.9 Å². The molecule has 27 heavy (non-hydrogen) atoms. The number of aromatic nitrogens is 2. The van der Waals surface area contributed by atoms with E-state index in [0.717, 1.165) is 31.6 Å². The molecule has 5 rings (SSSR count). The van der Waals surface area contributed by atoms with Crippen LogP contribution in [0.1, 0.15) is 63.1 Å². The third kappa shape index (κ3) is 2.91. The molecule has 1 N–H and O–H groups in total. The Hall–Kier alpha value is -2.05. The Labute approximate surface area is 160 Å². The Morgan fingerprint density at radius 3 is 2.59 bits per heavy atom. The molecule has 2 atom stereocenters. The number of rotatable bonds is 3. The van der Waals surface area contributed by atoms with Crippen LogP contribution in [0, 0.1) is 5.41 Å². The van der Waals surface area contributed by atoms with Crippen LogP contribution in [0.15, 0.2) is 12.3 Å². The number of nitrogens with one attached hydrogen (secondary N) is 1. The van der Waals surface area contributed by atoms with Crippen LogP contribution in [0.4, 0.5) is 4.79 Å². The van der Waals surface area contributed by atoms with Gasteiger partial charge in [-0.1, -0.05) is 19.3 Å². The molecule has 7 nitrogen and oxygen atoms in total. The van der Waals surface area contributed by atoms with Crippen molar-refractivity contribution < 1.29 is 9.59 Å². The summed E-state index contributed by atoms with van der Waals surface area (Å²) in [6.45, 7) is 1.75. The summed E-state index contributed by atoms with van der Waals surface area (Å²) in [5.41, 5.74) is 1.38. The number of hydrogen-bond acceptors (Lipinski definition) is 3. The lowest BCUT2D eigenvalue weighted by molar-refractivity contribution is -0.129. The number of aryl methyl sites for hydroxylation is 1. The van der Waals surface area contributed by atoms with E-state index in [1.165, 1.54) is 32.1 Å². The van der Waals surface area contributed by atoms with Crippen LogP contribution < -0.4 is 5.32 Å². The molecule has 2 saturated heterocycles. The zero-order valence-electron chi connectivity index (χ0n) is 16.1. The summed E-state index contributed by atoms with van der Waals surface area (Å²) < 4.78 is 1.83. The van der Waals surface area contributed by atoms with Gasteiger partial charge in [0.2, 0.25) is 5.91 Å². The van der Waals surface area contributed by atoms with Gasteiger partial charge in [0.15, 0.2) is 0 Å². The fourth-order valence-electron chi connectivity index (χ4n) is 5.47. The molecule has 7 heteroatoms. The molecule has 1 aromatic heterocycles. The summed E-state index contributed by atoms with van der Waals surface area (Å²) >= 11 is 0. The molecule has 0 unspecified atom stereocenters. The van der Waals surface area contributed by atoms with E-state index in [1.807, 2.05) is 27.6 Å². The minimum absolute atomic E-state index is 0.00573. The van der Waals surface area contributed by atoms with E-state index < -0.39 is 0 Å². The van der Waals surface area contributed by atoms with Gasteiger partial charge in [0, 0.05) is 44.2 Å². The van der Waals surface area contributed by atoms with Gasteiger partial charge in [-0.05, 0) is 31.7 Å². The number of carbonyl (C=O) groups excluding carboxylic acids is 2. The molecule has 0 radical (unpaired) electrons. The molecule has 2 aliphatic heterocycles. The highest BCUT2D eigenvalue weighted by atomic mass is 16.2. The summed E-state index contributed by atoms with van der Waals surface area (Å²) in [5, 5.41) is 7.48. The molecule has 0 bridgehead atoms. The summed E-state index contributed by atoms with van der Waals surface area (Å²) in [6, 6.07) is 2.01. The van der Waals surface area contributed by atoms with Gasteiger partial charge in [-0.3, -0.25) is 9.48 Å². The molecule has 4 fully saturated rings. The van der Waals surface area contributed by atoms with Gasteiger partial charge in [-0.2, -0.15) is 5.10 Å².